The normalized spacial score (nSPS) is 13.2. The number of carbonyl (C=O) groups is 2. The summed E-state index contributed by atoms with van der Waals surface area (Å²) in [6, 6.07) is 5.96. The van der Waals surface area contributed by atoms with Crippen molar-refractivity contribution in [2.75, 3.05) is 17.6 Å². The number of halogens is 3. The molecule has 1 fully saturated rings. The Morgan fingerprint density at radius 2 is 1.94 bits per heavy atom. The number of thioether (sulfide) groups is 1. The molecule has 2 heterocycles. The summed E-state index contributed by atoms with van der Waals surface area (Å²) in [5.41, 5.74) is -0.506. The highest BCUT2D eigenvalue weighted by molar-refractivity contribution is 7.99. The second kappa shape index (κ2) is 9.74. The number of hydrogen-bond donors (Lipinski definition) is 2. The second-order valence-electron chi connectivity index (χ2n) is 7.09. The molecule has 1 aliphatic carbocycles. The SMILES string of the molecule is O=C(CSc1nnc(Cc2cccs2)n1C1CC1)NCC(=O)Nc1ccc(F)c(F)c1F. The van der Waals surface area contributed by atoms with Gasteiger partial charge in [0.05, 0.1) is 18.0 Å². The molecule has 0 atom stereocenters. The molecule has 3 aromatic rings. The van der Waals surface area contributed by atoms with Gasteiger partial charge in [-0.25, -0.2) is 13.2 Å². The summed E-state index contributed by atoms with van der Waals surface area (Å²) in [5, 5.41) is 15.7. The number of rotatable bonds is 9. The van der Waals surface area contributed by atoms with E-state index < -0.39 is 41.5 Å². The molecule has 4 rings (SSSR count). The lowest BCUT2D eigenvalue weighted by molar-refractivity contribution is -0.122. The van der Waals surface area contributed by atoms with Gasteiger partial charge in [0.25, 0.3) is 0 Å². The first-order valence-electron chi connectivity index (χ1n) is 9.71. The number of hydrogen-bond acceptors (Lipinski definition) is 6. The third kappa shape index (κ3) is 5.30. The second-order valence-corrected chi connectivity index (χ2v) is 9.07. The topological polar surface area (TPSA) is 88.9 Å². The Balaban J connectivity index is 1.28. The van der Waals surface area contributed by atoms with Gasteiger partial charge in [0.15, 0.2) is 22.6 Å². The molecule has 1 aliphatic rings. The van der Waals surface area contributed by atoms with Gasteiger partial charge in [-0.3, -0.25) is 9.59 Å². The number of amides is 2. The number of nitrogens with one attached hydrogen (secondary N) is 2. The Morgan fingerprint density at radius 3 is 2.66 bits per heavy atom. The fourth-order valence-electron chi connectivity index (χ4n) is 2.97. The molecule has 1 aromatic carbocycles. The molecular formula is C20H18F3N5O2S2. The van der Waals surface area contributed by atoms with Crippen LogP contribution in [0.4, 0.5) is 18.9 Å². The number of anilines is 1. The number of carbonyl (C=O) groups excluding carboxylic acids is 2. The van der Waals surface area contributed by atoms with Gasteiger partial charge in [0, 0.05) is 17.3 Å². The number of nitrogens with zero attached hydrogens (tertiary/aromatic N) is 3. The number of aromatic nitrogens is 3. The highest BCUT2D eigenvalue weighted by atomic mass is 32.2. The molecule has 32 heavy (non-hydrogen) atoms. The van der Waals surface area contributed by atoms with Gasteiger partial charge in [-0.1, -0.05) is 17.8 Å². The lowest BCUT2D eigenvalue weighted by Crippen LogP contribution is -2.34. The van der Waals surface area contributed by atoms with E-state index in [9.17, 15) is 22.8 Å². The van der Waals surface area contributed by atoms with E-state index in [4.69, 9.17) is 0 Å². The number of thiophene rings is 1. The van der Waals surface area contributed by atoms with Gasteiger partial charge in [-0.05, 0) is 36.4 Å². The van der Waals surface area contributed by atoms with Gasteiger partial charge in [0.1, 0.15) is 5.82 Å². The summed E-state index contributed by atoms with van der Waals surface area (Å²) in [7, 11) is 0. The summed E-state index contributed by atoms with van der Waals surface area (Å²) < 4.78 is 41.9. The predicted molar refractivity (Wildman–Crippen MR) is 114 cm³/mol. The van der Waals surface area contributed by atoms with E-state index in [0.29, 0.717) is 23.7 Å². The minimum atomic E-state index is -1.68. The molecule has 0 spiro atoms. The van der Waals surface area contributed by atoms with Gasteiger partial charge in [0.2, 0.25) is 11.8 Å². The summed E-state index contributed by atoms with van der Waals surface area (Å²) in [5.74, 6) is -4.88. The molecule has 1 saturated carbocycles. The molecule has 0 aliphatic heterocycles. The molecule has 12 heteroatoms. The van der Waals surface area contributed by atoms with E-state index in [1.165, 1.54) is 16.6 Å². The van der Waals surface area contributed by atoms with Crippen molar-refractivity contribution in [3.63, 3.8) is 0 Å². The van der Waals surface area contributed by atoms with Crippen LogP contribution in [0.3, 0.4) is 0 Å². The minimum absolute atomic E-state index is 0.0106. The maximum Gasteiger partial charge on any atom is 0.243 e. The average Bonchev–Trinajstić information content (AvgIpc) is 3.33. The largest absolute Gasteiger partial charge is 0.346 e. The van der Waals surface area contributed by atoms with Crippen LogP contribution in [-0.4, -0.2) is 38.9 Å². The van der Waals surface area contributed by atoms with E-state index in [0.717, 1.165) is 24.7 Å². The van der Waals surface area contributed by atoms with Crippen LogP contribution < -0.4 is 10.6 Å². The van der Waals surface area contributed by atoms with Crippen LogP contribution in [-0.2, 0) is 16.0 Å². The van der Waals surface area contributed by atoms with Gasteiger partial charge in [-0.2, -0.15) is 0 Å². The molecule has 0 radical (unpaired) electrons. The third-order valence-corrected chi connectivity index (χ3v) is 6.47. The van der Waals surface area contributed by atoms with Crippen molar-refractivity contribution in [1.29, 1.82) is 0 Å². The van der Waals surface area contributed by atoms with Crippen LogP contribution in [0.5, 0.6) is 0 Å². The molecule has 0 bridgehead atoms. The number of benzene rings is 1. The molecule has 168 valence electrons. The Morgan fingerprint density at radius 1 is 1.12 bits per heavy atom. The van der Waals surface area contributed by atoms with E-state index >= 15 is 0 Å². The monoisotopic (exact) mass is 481 g/mol. The molecule has 2 aromatic heterocycles. The van der Waals surface area contributed by atoms with Crippen molar-refractivity contribution in [1.82, 2.24) is 20.1 Å². The standard InChI is InChI=1S/C20H18F3N5O2S2/c21-13-5-6-14(19(23)18(13)22)25-16(29)9-24-17(30)10-32-20-27-26-15(28(20)11-3-4-11)8-12-2-1-7-31-12/h1-2,5-7,11H,3-4,8-10H2,(H,24,30)(H,25,29). The fourth-order valence-corrected chi connectivity index (χ4v) is 4.53. The van der Waals surface area contributed by atoms with Crippen molar-refractivity contribution in [2.24, 2.45) is 0 Å². The van der Waals surface area contributed by atoms with Crippen LogP contribution >= 0.6 is 23.1 Å². The zero-order chi connectivity index (χ0) is 22.7. The first kappa shape index (κ1) is 22.3. The van der Waals surface area contributed by atoms with Crippen LogP contribution in [0.2, 0.25) is 0 Å². The van der Waals surface area contributed by atoms with Crippen molar-refractivity contribution in [2.45, 2.75) is 30.5 Å². The quantitative estimate of drug-likeness (QED) is 0.361. The zero-order valence-corrected chi connectivity index (χ0v) is 18.2. The summed E-state index contributed by atoms with van der Waals surface area (Å²) in [6.45, 7) is -0.448. The van der Waals surface area contributed by atoms with Gasteiger partial charge < -0.3 is 15.2 Å². The first-order valence-corrected chi connectivity index (χ1v) is 11.6. The van der Waals surface area contributed by atoms with E-state index in [-0.39, 0.29) is 5.75 Å². The van der Waals surface area contributed by atoms with Gasteiger partial charge in [-0.15, -0.1) is 21.5 Å². The Bertz CT molecular complexity index is 1130. The van der Waals surface area contributed by atoms with Crippen molar-refractivity contribution < 1.29 is 22.8 Å². The third-order valence-electron chi connectivity index (χ3n) is 4.65. The van der Waals surface area contributed by atoms with Crippen LogP contribution in [0.1, 0.15) is 29.6 Å². The minimum Gasteiger partial charge on any atom is -0.346 e. The zero-order valence-electron chi connectivity index (χ0n) is 16.6. The molecule has 0 unspecified atom stereocenters. The first-order chi connectivity index (χ1) is 15.4. The molecule has 2 amide bonds. The Kier molecular flexibility index (Phi) is 6.80. The van der Waals surface area contributed by atoms with E-state index in [2.05, 4.69) is 25.4 Å². The average molecular weight is 482 g/mol. The summed E-state index contributed by atoms with van der Waals surface area (Å²) >= 11 is 2.86. The van der Waals surface area contributed by atoms with Crippen molar-refractivity contribution in [3.8, 4) is 0 Å². The molecule has 0 saturated heterocycles. The summed E-state index contributed by atoms with van der Waals surface area (Å²) in [6.07, 6.45) is 2.75. The Hall–Kier alpha value is -2.86. The molecule has 7 nitrogen and oxygen atoms in total. The van der Waals surface area contributed by atoms with Crippen LogP contribution in [0.15, 0.2) is 34.8 Å². The van der Waals surface area contributed by atoms with Crippen molar-refractivity contribution >= 4 is 40.6 Å². The van der Waals surface area contributed by atoms with Crippen molar-refractivity contribution in [3.05, 3.63) is 57.8 Å². The lowest BCUT2D eigenvalue weighted by Gasteiger charge is -2.09. The maximum absolute atomic E-state index is 13.6. The summed E-state index contributed by atoms with van der Waals surface area (Å²) in [4.78, 5) is 25.2. The van der Waals surface area contributed by atoms with Crippen LogP contribution in [0, 0.1) is 17.5 Å². The lowest BCUT2D eigenvalue weighted by atomic mass is 10.2. The fraction of sp³-hybridized carbons (Fsp3) is 0.300. The van der Waals surface area contributed by atoms with Gasteiger partial charge >= 0.3 is 0 Å². The van der Waals surface area contributed by atoms with E-state index in [1.54, 1.807) is 11.3 Å². The van der Waals surface area contributed by atoms with E-state index in [1.807, 2.05) is 17.5 Å². The Labute approximate surface area is 189 Å². The smallest absolute Gasteiger partial charge is 0.243 e. The highest BCUT2D eigenvalue weighted by Gasteiger charge is 2.30. The molecular weight excluding hydrogens is 463 g/mol. The van der Waals surface area contributed by atoms with Crippen LogP contribution in [0.25, 0.3) is 0 Å². The molecule has 2 N–H and O–H groups in total. The maximum atomic E-state index is 13.6. The highest BCUT2D eigenvalue weighted by Crippen LogP contribution is 2.39. The predicted octanol–water partition coefficient (Wildman–Crippen LogP) is 3.53.